The lowest BCUT2D eigenvalue weighted by Gasteiger charge is -1.98. The lowest BCUT2D eigenvalue weighted by molar-refractivity contribution is 1.44. The Kier molecular flexibility index (Phi) is 4.97. The van der Waals surface area contributed by atoms with Gasteiger partial charge in [-0.2, -0.15) is 5.26 Å². The number of nitriles is 1. The Morgan fingerprint density at radius 1 is 0.520 bits per heavy atom. The molecule has 0 aliphatic heterocycles. The summed E-state index contributed by atoms with van der Waals surface area (Å²) in [4.78, 5) is 0. The third kappa shape index (κ3) is 3.97. The first-order chi connectivity index (χ1) is 12.3. The second kappa shape index (κ2) is 7.70. The van der Waals surface area contributed by atoms with Crippen LogP contribution in [0.1, 0.15) is 33.4 Å². The van der Waals surface area contributed by atoms with Gasteiger partial charge in [0.2, 0.25) is 0 Å². The van der Waals surface area contributed by atoms with E-state index in [9.17, 15) is 0 Å². The molecule has 0 aromatic heterocycles. The molecule has 116 valence electrons. The predicted octanol–water partition coefficient (Wildman–Crippen LogP) is 4.67. The van der Waals surface area contributed by atoms with E-state index < -0.39 is 0 Å². The molecule has 3 rings (SSSR count). The molecule has 0 aliphatic rings. The van der Waals surface area contributed by atoms with Gasteiger partial charge in [-0.25, -0.2) is 0 Å². The Morgan fingerprint density at radius 2 is 0.880 bits per heavy atom. The van der Waals surface area contributed by atoms with E-state index in [-0.39, 0.29) is 0 Å². The fraction of sp³-hybridized carbons (Fsp3) is 0.0417. The van der Waals surface area contributed by atoms with E-state index >= 15 is 0 Å². The zero-order valence-electron chi connectivity index (χ0n) is 13.9. The Labute approximate surface area is 148 Å². The SMILES string of the molecule is Cc1ccccc1C#Cc1ccccc1C#Cc1ccccc1C#N. The van der Waals surface area contributed by atoms with Crippen LogP contribution in [0.15, 0.2) is 72.8 Å². The second-order valence-corrected chi connectivity index (χ2v) is 5.52. The molecule has 25 heavy (non-hydrogen) atoms. The number of hydrogen-bond donors (Lipinski definition) is 0. The molecule has 0 aliphatic carbocycles. The van der Waals surface area contributed by atoms with Crippen molar-refractivity contribution in [3.8, 4) is 29.8 Å². The van der Waals surface area contributed by atoms with Crippen molar-refractivity contribution < 1.29 is 0 Å². The van der Waals surface area contributed by atoms with Crippen LogP contribution < -0.4 is 0 Å². The highest BCUT2D eigenvalue weighted by molar-refractivity contribution is 5.56. The molecule has 0 radical (unpaired) electrons. The van der Waals surface area contributed by atoms with Crippen molar-refractivity contribution in [3.05, 3.63) is 106 Å². The topological polar surface area (TPSA) is 23.8 Å². The van der Waals surface area contributed by atoms with Gasteiger partial charge in [-0.3, -0.25) is 0 Å². The number of hydrogen-bond acceptors (Lipinski definition) is 1. The molecule has 0 fully saturated rings. The Hall–Kier alpha value is -3.73. The number of nitrogens with zero attached hydrogens (tertiary/aromatic N) is 1. The van der Waals surface area contributed by atoms with Gasteiger partial charge >= 0.3 is 0 Å². The Balaban J connectivity index is 1.98. The summed E-state index contributed by atoms with van der Waals surface area (Å²) in [6.45, 7) is 2.05. The molecule has 0 unspecified atom stereocenters. The van der Waals surface area contributed by atoms with Gasteiger partial charge in [0, 0.05) is 22.3 Å². The van der Waals surface area contributed by atoms with Gasteiger partial charge in [0.25, 0.3) is 0 Å². The van der Waals surface area contributed by atoms with E-state index in [2.05, 4.69) is 42.7 Å². The molecule has 0 saturated heterocycles. The summed E-state index contributed by atoms with van der Waals surface area (Å²) in [5.41, 5.74) is 5.22. The molecule has 0 saturated carbocycles. The van der Waals surface area contributed by atoms with E-state index in [1.165, 1.54) is 0 Å². The van der Waals surface area contributed by atoms with E-state index in [1.54, 1.807) is 6.07 Å². The summed E-state index contributed by atoms with van der Waals surface area (Å²) in [6.07, 6.45) is 0. The minimum absolute atomic E-state index is 0.582. The molecular weight excluding hydrogens is 302 g/mol. The highest BCUT2D eigenvalue weighted by Gasteiger charge is 1.98. The van der Waals surface area contributed by atoms with Crippen molar-refractivity contribution in [3.63, 3.8) is 0 Å². The monoisotopic (exact) mass is 317 g/mol. The molecule has 0 bridgehead atoms. The third-order valence-electron chi connectivity index (χ3n) is 3.78. The zero-order valence-corrected chi connectivity index (χ0v) is 13.9. The van der Waals surface area contributed by atoms with Crippen molar-refractivity contribution in [2.45, 2.75) is 6.92 Å². The molecule has 1 heteroatoms. The summed E-state index contributed by atoms with van der Waals surface area (Å²) < 4.78 is 0. The minimum atomic E-state index is 0.582. The van der Waals surface area contributed by atoms with Crippen molar-refractivity contribution in [2.24, 2.45) is 0 Å². The molecule has 0 atom stereocenters. The molecule has 0 N–H and O–H groups in total. The second-order valence-electron chi connectivity index (χ2n) is 5.52. The Bertz CT molecular complexity index is 1080. The van der Waals surface area contributed by atoms with Gasteiger partial charge in [-0.1, -0.05) is 66.1 Å². The third-order valence-corrected chi connectivity index (χ3v) is 3.78. The van der Waals surface area contributed by atoms with Gasteiger partial charge in [0.15, 0.2) is 0 Å². The summed E-state index contributed by atoms with van der Waals surface area (Å²) in [6, 6.07) is 25.4. The first-order valence-corrected chi connectivity index (χ1v) is 7.96. The van der Waals surface area contributed by atoms with Gasteiger partial charge in [0.1, 0.15) is 6.07 Å². The van der Waals surface area contributed by atoms with Gasteiger partial charge in [-0.15, -0.1) is 0 Å². The smallest absolute Gasteiger partial charge is 0.100 e. The Morgan fingerprint density at radius 3 is 1.36 bits per heavy atom. The summed E-state index contributed by atoms with van der Waals surface area (Å²) in [5, 5.41) is 9.17. The van der Waals surface area contributed by atoms with E-state index in [0.717, 1.165) is 27.8 Å². The quantitative estimate of drug-likeness (QED) is 0.553. The molecular formula is C24H15N. The first-order valence-electron chi connectivity index (χ1n) is 7.96. The standard InChI is InChI=1S/C24H15N/c1-19-8-2-3-9-20(19)14-15-21-10-4-5-11-22(21)16-17-23-12-6-7-13-24(23)18-25/h2-13H,1H3. The zero-order chi connectivity index (χ0) is 17.5. The maximum absolute atomic E-state index is 9.17. The van der Waals surface area contributed by atoms with Crippen LogP contribution in [0, 0.1) is 41.9 Å². The average Bonchev–Trinajstić information content (AvgIpc) is 2.66. The molecule has 3 aromatic rings. The first kappa shape index (κ1) is 16.1. The number of rotatable bonds is 0. The van der Waals surface area contributed by atoms with Crippen LogP contribution in [0.4, 0.5) is 0 Å². The van der Waals surface area contributed by atoms with Crippen molar-refractivity contribution in [2.75, 3.05) is 0 Å². The fourth-order valence-corrected chi connectivity index (χ4v) is 2.37. The predicted molar refractivity (Wildman–Crippen MR) is 101 cm³/mol. The van der Waals surface area contributed by atoms with Crippen LogP contribution in [0.5, 0.6) is 0 Å². The van der Waals surface area contributed by atoms with Gasteiger partial charge in [0.05, 0.1) is 5.56 Å². The van der Waals surface area contributed by atoms with Gasteiger partial charge in [-0.05, 0) is 42.8 Å². The summed E-state index contributed by atoms with van der Waals surface area (Å²) in [5.74, 6) is 12.7. The van der Waals surface area contributed by atoms with Crippen LogP contribution in [0.25, 0.3) is 0 Å². The lowest BCUT2D eigenvalue weighted by atomic mass is 10.0. The van der Waals surface area contributed by atoms with Crippen molar-refractivity contribution in [1.29, 1.82) is 5.26 Å². The summed E-state index contributed by atoms with van der Waals surface area (Å²) >= 11 is 0. The highest BCUT2D eigenvalue weighted by Crippen LogP contribution is 2.10. The molecule has 0 heterocycles. The summed E-state index contributed by atoms with van der Waals surface area (Å²) in [7, 11) is 0. The average molecular weight is 317 g/mol. The molecule has 0 spiro atoms. The highest BCUT2D eigenvalue weighted by atomic mass is 14.2. The van der Waals surface area contributed by atoms with Crippen LogP contribution >= 0.6 is 0 Å². The maximum atomic E-state index is 9.17. The van der Waals surface area contributed by atoms with Crippen LogP contribution in [0.2, 0.25) is 0 Å². The largest absolute Gasteiger partial charge is 0.192 e. The van der Waals surface area contributed by atoms with Crippen LogP contribution in [-0.2, 0) is 0 Å². The van der Waals surface area contributed by atoms with E-state index in [0.29, 0.717) is 5.56 Å². The number of aryl methyl sites for hydroxylation is 1. The van der Waals surface area contributed by atoms with Crippen LogP contribution in [0.3, 0.4) is 0 Å². The number of benzene rings is 3. The van der Waals surface area contributed by atoms with Crippen molar-refractivity contribution in [1.82, 2.24) is 0 Å². The normalized spacial score (nSPS) is 9.12. The van der Waals surface area contributed by atoms with Crippen LogP contribution in [-0.4, -0.2) is 0 Å². The lowest BCUT2D eigenvalue weighted by Crippen LogP contribution is -1.86. The minimum Gasteiger partial charge on any atom is -0.192 e. The fourth-order valence-electron chi connectivity index (χ4n) is 2.37. The van der Waals surface area contributed by atoms with Gasteiger partial charge < -0.3 is 0 Å². The van der Waals surface area contributed by atoms with E-state index in [4.69, 9.17) is 5.26 Å². The molecule has 3 aromatic carbocycles. The van der Waals surface area contributed by atoms with Crippen molar-refractivity contribution >= 4 is 0 Å². The molecule has 1 nitrogen and oxygen atoms in total. The molecule has 0 amide bonds. The maximum Gasteiger partial charge on any atom is 0.100 e. The van der Waals surface area contributed by atoms with E-state index in [1.807, 2.05) is 60.7 Å².